The molecule has 0 amide bonds. The van der Waals surface area contributed by atoms with Crippen molar-refractivity contribution in [2.24, 2.45) is 23.7 Å². The lowest BCUT2D eigenvalue weighted by atomic mass is 9.65. The standard InChI is InChI=1S/C11H19NO2/c1-7-2-8-5-12-6-9(3-7)10(8)4-11(13)14/h7-10,12H,2-6H2,1H3,(H,13,14). The Balaban J connectivity index is 2.04. The summed E-state index contributed by atoms with van der Waals surface area (Å²) in [7, 11) is 0. The molecule has 1 saturated heterocycles. The van der Waals surface area contributed by atoms with E-state index in [1.54, 1.807) is 0 Å². The monoisotopic (exact) mass is 197 g/mol. The minimum absolute atomic E-state index is 0.379. The van der Waals surface area contributed by atoms with E-state index in [0.717, 1.165) is 19.0 Å². The fourth-order valence-corrected chi connectivity index (χ4v) is 3.32. The Bertz CT molecular complexity index is 215. The van der Waals surface area contributed by atoms with E-state index in [0.29, 0.717) is 24.2 Å². The maximum absolute atomic E-state index is 10.8. The summed E-state index contributed by atoms with van der Waals surface area (Å²) in [6.07, 6.45) is 2.80. The van der Waals surface area contributed by atoms with Crippen molar-refractivity contribution in [3.63, 3.8) is 0 Å². The van der Waals surface area contributed by atoms with Crippen LogP contribution in [0.1, 0.15) is 26.2 Å². The van der Waals surface area contributed by atoms with E-state index in [4.69, 9.17) is 5.11 Å². The van der Waals surface area contributed by atoms with E-state index in [9.17, 15) is 4.79 Å². The first kappa shape index (κ1) is 9.97. The van der Waals surface area contributed by atoms with E-state index < -0.39 is 5.97 Å². The van der Waals surface area contributed by atoms with Crippen molar-refractivity contribution in [1.82, 2.24) is 5.32 Å². The molecule has 2 N–H and O–H groups in total. The summed E-state index contributed by atoms with van der Waals surface area (Å²) in [4.78, 5) is 10.8. The van der Waals surface area contributed by atoms with Crippen LogP contribution in [-0.2, 0) is 4.79 Å². The van der Waals surface area contributed by atoms with Gasteiger partial charge in [0.15, 0.2) is 0 Å². The molecule has 2 unspecified atom stereocenters. The number of hydrogen-bond acceptors (Lipinski definition) is 2. The van der Waals surface area contributed by atoms with Gasteiger partial charge in [0.2, 0.25) is 0 Å². The van der Waals surface area contributed by atoms with Gasteiger partial charge in [-0.1, -0.05) is 6.92 Å². The number of aliphatic carboxylic acids is 1. The average molecular weight is 197 g/mol. The Kier molecular flexibility index (Phi) is 2.77. The van der Waals surface area contributed by atoms with Crippen LogP contribution < -0.4 is 5.32 Å². The second-order valence-corrected chi connectivity index (χ2v) is 5.02. The molecule has 1 aliphatic carbocycles. The predicted octanol–water partition coefficient (Wildman–Crippen LogP) is 1.34. The van der Waals surface area contributed by atoms with E-state index in [1.165, 1.54) is 12.8 Å². The highest BCUT2D eigenvalue weighted by atomic mass is 16.4. The lowest BCUT2D eigenvalue weighted by Gasteiger charge is -2.45. The van der Waals surface area contributed by atoms with Crippen LogP contribution in [0.15, 0.2) is 0 Å². The van der Waals surface area contributed by atoms with Gasteiger partial charge < -0.3 is 10.4 Å². The van der Waals surface area contributed by atoms with Gasteiger partial charge in [0.05, 0.1) is 0 Å². The Labute approximate surface area is 84.9 Å². The number of carboxylic acid groups (broad SMARTS) is 1. The average Bonchev–Trinajstić information content (AvgIpc) is 2.05. The van der Waals surface area contributed by atoms with Gasteiger partial charge in [-0.05, 0) is 49.6 Å². The summed E-state index contributed by atoms with van der Waals surface area (Å²) in [5.41, 5.74) is 0. The molecule has 2 rings (SSSR count). The molecule has 14 heavy (non-hydrogen) atoms. The molecule has 80 valence electrons. The fourth-order valence-electron chi connectivity index (χ4n) is 3.32. The maximum Gasteiger partial charge on any atom is 0.303 e. The molecule has 0 aromatic heterocycles. The number of fused-ring (bicyclic) bond motifs is 2. The Morgan fingerprint density at radius 2 is 1.93 bits per heavy atom. The number of carboxylic acids is 1. The summed E-state index contributed by atoms with van der Waals surface area (Å²) in [6.45, 7) is 4.35. The van der Waals surface area contributed by atoms with Crippen molar-refractivity contribution in [2.45, 2.75) is 26.2 Å². The zero-order valence-electron chi connectivity index (χ0n) is 8.70. The second kappa shape index (κ2) is 3.89. The number of hydrogen-bond donors (Lipinski definition) is 2. The van der Waals surface area contributed by atoms with Gasteiger partial charge in [-0.2, -0.15) is 0 Å². The molecular formula is C11H19NO2. The SMILES string of the molecule is CC1CC2CNCC(C1)C2CC(=O)O. The van der Waals surface area contributed by atoms with Crippen LogP contribution in [0.4, 0.5) is 0 Å². The van der Waals surface area contributed by atoms with Crippen LogP contribution in [0.3, 0.4) is 0 Å². The summed E-state index contributed by atoms with van der Waals surface area (Å²) >= 11 is 0. The quantitative estimate of drug-likeness (QED) is 0.702. The highest BCUT2D eigenvalue weighted by molar-refractivity contribution is 5.67. The smallest absolute Gasteiger partial charge is 0.303 e. The van der Waals surface area contributed by atoms with Gasteiger partial charge in [0.25, 0.3) is 0 Å². The van der Waals surface area contributed by atoms with Gasteiger partial charge in [-0.25, -0.2) is 0 Å². The first-order valence-electron chi connectivity index (χ1n) is 5.59. The number of piperidine rings is 1. The van der Waals surface area contributed by atoms with E-state index in [2.05, 4.69) is 12.2 Å². The minimum Gasteiger partial charge on any atom is -0.481 e. The van der Waals surface area contributed by atoms with Crippen LogP contribution in [0.5, 0.6) is 0 Å². The van der Waals surface area contributed by atoms with Gasteiger partial charge in [0, 0.05) is 6.42 Å². The van der Waals surface area contributed by atoms with Crippen LogP contribution in [-0.4, -0.2) is 24.2 Å². The lowest BCUT2D eigenvalue weighted by Crippen LogP contribution is -2.48. The fraction of sp³-hybridized carbons (Fsp3) is 0.909. The van der Waals surface area contributed by atoms with Gasteiger partial charge in [-0.15, -0.1) is 0 Å². The molecule has 2 atom stereocenters. The third-order valence-corrected chi connectivity index (χ3v) is 3.84. The molecule has 1 aliphatic heterocycles. The largest absolute Gasteiger partial charge is 0.481 e. The van der Waals surface area contributed by atoms with Crippen LogP contribution >= 0.6 is 0 Å². The highest BCUT2D eigenvalue weighted by Gasteiger charge is 2.39. The molecule has 0 radical (unpaired) electrons. The Morgan fingerprint density at radius 1 is 1.36 bits per heavy atom. The predicted molar refractivity (Wildman–Crippen MR) is 54.0 cm³/mol. The van der Waals surface area contributed by atoms with Crippen molar-refractivity contribution in [3.8, 4) is 0 Å². The zero-order chi connectivity index (χ0) is 10.1. The van der Waals surface area contributed by atoms with Crippen LogP contribution in [0.25, 0.3) is 0 Å². The van der Waals surface area contributed by atoms with Crippen molar-refractivity contribution in [3.05, 3.63) is 0 Å². The van der Waals surface area contributed by atoms with E-state index in [1.807, 2.05) is 0 Å². The summed E-state index contributed by atoms with van der Waals surface area (Å²) < 4.78 is 0. The molecule has 0 aromatic rings. The molecular weight excluding hydrogens is 178 g/mol. The van der Waals surface area contributed by atoms with Crippen molar-refractivity contribution in [2.75, 3.05) is 13.1 Å². The molecule has 2 aliphatic rings. The molecule has 1 saturated carbocycles. The van der Waals surface area contributed by atoms with Crippen LogP contribution in [0.2, 0.25) is 0 Å². The maximum atomic E-state index is 10.8. The minimum atomic E-state index is -0.624. The third kappa shape index (κ3) is 1.92. The zero-order valence-corrected chi connectivity index (χ0v) is 8.70. The summed E-state index contributed by atoms with van der Waals surface area (Å²) in [5, 5.41) is 12.3. The number of rotatable bonds is 2. The van der Waals surface area contributed by atoms with Gasteiger partial charge in [-0.3, -0.25) is 4.79 Å². The van der Waals surface area contributed by atoms with Crippen molar-refractivity contribution in [1.29, 1.82) is 0 Å². The highest BCUT2D eigenvalue weighted by Crippen LogP contribution is 2.41. The first-order valence-corrected chi connectivity index (χ1v) is 5.59. The normalized spacial score (nSPS) is 42.1. The summed E-state index contributed by atoms with van der Waals surface area (Å²) in [6, 6.07) is 0. The lowest BCUT2D eigenvalue weighted by molar-refractivity contribution is -0.140. The van der Waals surface area contributed by atoms with E-state index >= 15 is 0 Å². The molecule has 1 heterocycles. The molecule has 0 spiro atoms. The van der Waals surface area contributed by atoms with Gasteiger partial charge in [0.1, 0.15) is 0 Å². The Hall–Kier alpha value is -0.570. The molecule has 0 aromatic carbocycles. The topological polar surface area (TPSA) is 49.3 Å². The third-order valence-electron chi connectivity index (χ3n) is 3.84. The number of carbonyl (C=O) groups is 1. The van der Waals surface area contributed by atoms with Crippen LogP contribution in [0, 0.1) is 23.7 Å². The first-order chi connectivity index (χ1) is 6.66. The second-order valence-electron chi connectivity index (χ2n) is 5.02. The molecule has 2 bridgehead atoms. The van der Waals surface area contributed by atoms with Crippen molar-refractivity contribution < 1.29 is 9.90 Å². The number of nitrogens with one attached hydrogen (secondary N) is 1. The van der Waals surface area contributed by atoms with Gasteiger partial charge >= 0.3 is 5.97 Å². The molecule has 2 fully saturated rings. The van der Waals surface area contributed by atoms with E-state index in [-0.39, 0.29) is 0 Å². The molecule has 3 heteroatoms. The molecule has 3 nitrogen and oxygen atoms in total. The summed E-state index contributed by atoms with van der Waals surface area (Å²) in [5.74, 6) is 1.81. The Morgan fingerprint density at radius 3 is 2.43 bits per heavy atom. The van der Waals surface area contributed by atoms with Crippen molar-refractivity contribution >= 4 is 5.97 Å².